The van der Waals surface area contributed by atoms with Crippen molar-refractivity contribution in [2.75, 3.05) is 14.2 Å². The third kappa shape index (κ3) is 4.82. The summed E-state index contributed by atoms with van der Waals surface area (Å²) < 4.78 is 10.3. The molecule has 0 unspecified atom stereocenters. The SMILES string of the molecule is COc1ccc(C(=O)N[C@@H]2CCC[C@@H]2C(=O)NCc2cccc(OC)c2)cc1. The standard InChI is InChI=1S/C22H26N2O4/c1-27-17-11-9-16(10-12-17)21(25)24-20-8-4-7-19(20)22(26)23-14-15-5-3-6-18(13-15)28-2/h3,5-6,9-13,19-20H,4,7-8,14H2,1-2H3,(H,23,26)(H,24,25)/t19-,20+/m0/s1. The normalized spacial score (nSPS) is 18.4. The number of hydrogen-bond donors (Lipinski definition) is 2. The average molecular weight is 382 g/mol. The molecule has 148 valence electrons. The number of amides is 2. The maximum absolute atomic E-state index is 12.7. The van der Waals surface area contributed by atoms with Crippen molar-refractivity contribution in [3.63, 3.8) is 0 Å². The molecule has 3 rings (SSSR count). The highest BCUT2D eigenvalue weighted by Crippen LogP contribution is 2.26. The Morgan fingerprint density at radius 1 is 1.00 bits per heavy atom. The van der Waals surface area contributed by atoms with E-state index in [9.17, 15) is 9.59 Å². The van der Waals surface area contributed by atoms with Crippen LogP contribution in [-0.2, 0) is 11.3 Å². The molecular formula is C22H26N2O4. The molecule has 0 spiro atoms. The molecule has 2 aromatic carbocycles. The second kappa shape index (κ2) is 9.26. The molecule has 0 bridgehead atoms. The lowest BCUT2D eigenvalue weighted by atomic mass is 10.0. The minimum Gasteiger partial charge on any atom is -0.497 e. The first-order valence-corrected chi connectivity index (χ1v) is 9.46. The molecule has 2 aromatic rings. The summed E-state index contributed by atoms with van der Waals surface area (Å²) in [6.45, 7) is 0.436. The van der Waals surface area contributed by atoms with E-state index in [1.807, 2.05) is 24.3 Å². The molecule has 6 heteroatoms. The molecule has 1 fully saturated rings. The summed E-state index contributed by atoms with van der Waals surface area (Å²) in [4.78, 5) is 25.2. The number of methoxy groups -OCH3 is 2. The highest BCUT2D eigenvalue weighted by molar-refractivity contribution is 5.95. The molecule has 1 aliphatic carbocycles. The molecular weight excluding hydrogens is 356 g/mol. The average Bonchev–Trinajstić information content (AvgIpc) is 3.20. The van der Waals surface area contributed by atoms with Gasteiger partial charge < -0.3 is 20.1 Å². The second-order valence-electron chi connectivity index (χ2n) is 6.92. The number of ether oxygens (including phenoxy) is 2. The van der Waals surface area contributed by atoms with Gasteiger partial charge in [0.2, 0.25) is 5.91 Å². The van der Waals surface area contributed by atoms with Crippen molar-refractivity contribution >= 4 is 11.8 Å². The molecule has 1 aliphatic rings. The van der Waals surface area contributed by atoms with Gasteiger partial charge in [0, 0.05) is 18.2 Å². The van der Waals surface area contributed by atoms with E-state index in [1.165, 1.54) is 0 Å². The highest BCUT2D eigenvalue weighted by atomic mass is 16.5. The molecule has 0 radical (unpaired) electrons. The van der Waals surface area contributed by atoms with Gasteiger partial charge in [-0.15, -0.1) is 0 Å². The van der Waals surface area contributed by atoms with Crippen LogP contribution in [0.25, 0.3) is 0 Å². The predicted octanol–water partition coefficient (Wildman–Crippen LogP) is 2.92. The van der Waals surface area contributed by atoms with E-state index in [1.54, 1.807) is 38.5 Å². The Labute approximate surface area is 165 Å². The van der Waals surface area contributed by atoms with Crippen molar-refractivity contribution in [3.05, 3.63) is 59.7 Å². The van der Waals surface area contributed by atoms with Crippen LogP contribution < -0.4 is 20.1 Å². The van der Waals surface area contributed by atoms with Gasteiger partial charge >= 0.3 is 0 Å². The monoisotopic (exact) mass is 382 g/mol. The van der Waals surface area contributed by atoms with Gasteiger partial charge in [-0.1, -0.05) is 18.6 Å². The van der Waals surface area contributed by atoms with Crippen molar-refractivity contribution in [1.82, 2.24) is 10.6 Å². The summed E-state index contributed by atoms with van der Waals surface area (Å²) >= 11 is 0. The lowest BCUT2D eigenvalue weighted by Crippen LogP contribution is -2.43. The van der Waals surface area contributed by atoms with Crippen LogP contribution in [0.5, 0.6) is 11.5 Å². The van der Waals surface area contributed by atoms with Gasteiger partial charge in [0.15, 0.2) is 0 Å². The zero-order chi connectivity index (χ0) is 19.9. The van der Waals surface area contributed by atoms with Gasteiger partial charge in [-0.3, -0.25) is 9.59 Å². The van der Waals surface area contributed by atoms with Gasteiger partial charge in [0.05, 0.1) is 20.1 Å². The molecule has 1 saturated carbocycles. The Morgan fingerprint density at radius 2 is 1.75 bits per heavy atom. The smallest absolute Gasteiger partial charge is 0.251 e. The molecule has 2 N–H and O–H groups in total. The molecule has 2 amide bonds. The first-order chi connectivity index (χ1) is 13.6. The molecule has 6 nitrogen and oxygen atoms in total. The highest BCUT2D eigenvalue weighted by Gasteiger charge is 2.34. The molecule has 0 aliphatic heterocycles. The van der Waals surface area contributed by atoms with Crippen LogP contribution in [0.3, 0.4) is 0 Å². The maximum atomic E-state index is 12.7. The molecule has 28 heavy (non-hydrogen) atoms. The fourth-order valence-corrected chi connectivity index (χ4v) is 3.54. The quantitative estimate of drug-likeness (QED) is 0.772. The second-order valence-corrected chi connectivity index (χ2v) is 6.92. The van der Waals surface area contributed by atoms with Gasteiger partial charge in [0.1, 0.15) is 11.5 Å². The zero-order valence-electron chi connectivity index (χ0n) is 16.2. The van der Waals surface area contributed by atoms with E-state index >= 15 is 0 Å². The van der Waals surface area contributed by atoms with Crippen LogP contribution >= 0.6 is 0 Å². The van der Waals surface area contributed by atoms with E-state index < -0.39 is 0 Å². The lowest BCUT2D eigenvalue weighted by molar-refractivity contribution is -0.125. The Hall–Kier alpha value is -3.02. The summed E-state index contributed by atoms with van der Waals surface area (Å²) in [7, 11) is 3.20. The van der Waals surface area contributed by atoms with E-state index in [4.69, 9.17) is 9.47 Å². The van der Waals surface area contributed by atoms with Crippen LogP contribution in [0, 0.1) is 5.92 Å². The van der Waals surface area contributed by atoms with Crippen LogP contribution in [-0.4, -0.2) is 32.1 Å². The molecule has 0 aromatic heterocycles. The number of nitrogens with one attached hydrogen (secondary N) is 2. The van der Waals surface area contributed by atoms with E-state index in [-0.39, 0.29) is 23.8 Å². The van der Waals surface area contributed by atoms with E-state index in [0.717, 1.165) is 30.6 Å². The Kier molecular flexibility index (Phi) is 6.53. The van der Waals surface area contributed by atoms with Crippen LogP contribution in [0.1, 0.15) is 35.2 Å². The number of hydrogen-bond acceptors (Lipinski definition) is 4. The topological polar surface area (TPSA) is 76.7 Å². The number of rotatable bonds is 7. The summed E-state index contributed by atoms with van der Waals surface area (Å²) in [5.74, 6) is 1.05. The van der Waals surface area contributed by atoms with Crippen molar-refractivity contribution in [3.8, 4) is 11.5 Å². The molecule has 0 saturated heterocycles. The summed E-state index contributed by atoms with van der Waals surface area (Å²) in [5, 5.41) is 6.01. The van der Waals surface area contributed by atoms with Crippen LogP contribution in [0.15, 0.2) is 48.5 Å². The van der Waals surface area contributed by atoms with Crippen LogP contribution in [0.4, 0.5) is 0 Å². The maximum Gasteiger partial charge on any atom is 0.251 e. The fourth-order valence-electron chi connectivity index (χ4n) is 3.54. The fraction of sp³-hybridized carbons (Fsp3) is 0.364. The zero-order valence-corrected chi connectivity index (χ0v) is 16.2. The third-order valence-corrected chi connectivity index (χ3v) is 5.12. The van der Waals surface area contributed by atoms with Crippen LogP contribution in [0.2, 0.25) is 0 Å². The number of carbonyl (C=O) groups is 2. The third-order valence-electron chi connectivity index (χ3n) is 5.12. The van der Waals surface area contributed by atoms with Crippen molar-refractivity contribution in [2.24, 2.45) is 5.92 Å². The van der Waals surface area contributed by atoms with E-state index in [0.29, 0.717) is 17.9 Å². The van der Waals surface area contributed by atoms with Gasteiger partial charge in [-0.2, -0.15) is 0 Å². The summed E-state index contributed by atoms with van der Waals surface area (Å²) in [5.41, 5.74) is 1.53. The van der Waals surface area contributed by atoms with Gasteiger partial charge in [-0.05, 0) is 54.8 Å². The minimum atomic E-state index is -0.215. The van der Waals surface area contributed by atoms with Gasteiger partial charge in [0.25, 0.3) is 5.91 Å². The predicted molar refractivity (Wildman–Crippen MR) is 106 cm³/mol. The largest absolute Gasteiger partial charge is 0.497 e. The Balaban J connectivity index is 1.56. The Bertz CT molecular complexity index is 820. The van der Waals surface area contributed by atoms with Crippen molar-refractivity contribution in [2.45, 2.75) is 31.8 Å². The Morgan fingerprint density at radius 3 is 2.46 bits per heavy atom. The summed E-state index contributed by atoms with van der Waals surface area (Å²) in [6.07, 6.45) is 2.50. The number of benzene rings is 2. The molecule has 2 atom stereocenters. The van der Waals surface area contributed by atoms with Crippen molar-refractivity contribution < 1.29 is 19.1 Å². The van der Waals surface area contributed by atoms with Crippen molar-refractivity contribution in [1.29, 1.82) is 0 Å². The molecule has 0 heterocycles. The van der Waals surface area contributed by atoms with Gasteiger partial charge in [-0.25, -0.2) is 0 Å². The lowest BCUT2D eigenvalue weighted by Gasteiger charge is -2.21. The first kappa shape index (κ1) is 19.7. The van der Waals surface area contributed by atoms with E-state index in [2.05, 4.69) is 10.6 Å². The first-order valence-electron chi connectivity index (χ1n) is 9.46. The minimum absolute atomic E-state index is 0.0275. The number of carbonyl (C=O) groups excluding carboxylic acids is 2. The summed E-state index contributed by atoms with van der Waals surface area (Å²) in [6, 6.07) is 14.4.